The van der Waals surface area contributed by atoms with Gasteiger partial charge in [0.25, 0.3) is 0 Å². The Balaban J connectivity index is 2.17. The van der Waals surface area contributed by atoms with Gasteiger partial charge in [-0.25, -0.2) is 0 Å². The molecule has 0 radical (unpaired) electrons. The van der Waals surface area contributed by atoms with Crippen molar-refractivity contribution in [3.63, 3.8) is 0 Å². The summed E-state index contributed by atoms with van der Waals surface area (Å²) in [5.74, 6) is -0.350. The Kier molecular flexibility index (Phi) is 1.68. The van der Waals surface area contributed by atoms with Crippen LogP contribution in [0.5, 0.6) is 0 Å². The van der Waals surface area contributed by atoms with E-state index >= 15 is 0 Å². The molecule has 3 atom stereocenters. The molecule has 0 aromatic heterocycles. The Labute approximate surface area is 69.7 Å². The van der Waals surface area contributed by atoms with Crippen molar-refractivity contribution in [2.75, 3.05) is 0 Å². The molecular formula is C8H10O2S. The van der Waals surface area contributed by atoms with Gasteiger partial charge in [0.2, 0.25) is 0 Å². The topological polar surface area (TPSA) is 37.3 Å². The summed E-state index contributed by atoms with van der Waals surface area (Å²) in [5.41, 5.74) is 0. The van der Waals surface area contributed by atoms with Gasteiger partial charge in [0.1, 0.15) is 5.25 Å². The van der Waals surface area contributed by atoms with Crippen LogP contribution < -0.4 is 0 Å². The van der Waals surface area contributed by atoms with E-state index in [-0.39, 0.29) is 5.25 Å². The van der Waals surface area contributed by atoms with Gasteiger partial charge in [-0.15, -0.1) is 11.8 Å². The second-order valence-corrected chi connectivity index (χ2v) is 4.45. The first-order valence-corrected chi connectivity index (χ1v) is 4.78. The van der Waals surface area contributed by atoms with E-state index in [0.29, 0.717) is 11.2 Å². The van der Waals surface area contributed by atoms with Crippen LogP contribution in [0.3, 0.4) is 0 Å². The molecule has 1 saturated heterocycles. The third-order valence-electron chi connectivity index (χ3n) is 2.31. The predicted molar refractivity (Wildman–Crippen MR) is 44.7 cm³/mol. The first kappa shape index (κ1) is 7.22. The number of hydrogen-bond acceptors (Lipinski definition) is 2. The van der Waals surface area contributed by atoms with E-state index in [2.05, 4.69) is 12.2 Å². The Morgan fingerprint density at radius 1 is 1.45 bits per heavy atom. The first-order valence-electron chi connectivity index (χ1n) is 3.84. The van der Waals surface area contributed by atoms with Gasteiger partial charge in [-0.2, -0.15) is 0 Å². The maximum absolute atomic E-state index is 10.7. The van der Waals surface area contributed by atoms with E-state index in [1.807, 2.05) is 0 Å². The Morgan fingerprint density at radius 3 is 2.55 bits per heavy atom. The van der Waals surface area contributed by atoms with Crippen LogP contribution in [0.2, 0.25) is 0 Å². The van der Waals surface area contributed by atoms with Crippen molar-refractivity contribution in [1.29, 1.82) is 0 Å². The summed E-state index contributed by atoms with van der Waals surface area (Å²) in [7, 11) is 0. The van der Waals surface area contributed by atoms with Gasteiger partial charge in [0.15, 0.2) is 0 Å². The van der Waals surface area contributed by atoms with Crippen molar-refractivity contribution < 1.29 is 9.90 Å². The first-order chi connectivity index (χ1) is 5.27. The molecule has 3 rings (SSSR count). The van der Waals surface area contributed by atoms with Crippen LogP contribution in [-0.2, 0) is 4.79 Å². The molecule has 0 amide bonds. The van der Waals surface area contributed by atoms with Crippen molar-refractivity contribution in [3.05, 3.63) is 12.2 Å². The lowest BCUT2D eigenvalue weighted by Crippen LogP contribution is -2.35. The second-order valence-electron chi connectivity index (χ2n) is 3.06. The van der Waals surface area contributed by atoms with Gasteiger partial charge in [0, 0.05) is 5.25 Å². The molecule has 1 fully saturated rings. The molecule has 1 N–H and O–H groups in total. The molecule has 2 aliphatic heterocycles. The third kappa shape index (κ3) is 1.18. The largest absolute Gasteiger partial charge is 0.480 e. The highest BCUT2D eigenvalue weighted by Gasteiger charge is 2.36. The van der Waals surface area contributed by atoms with Gasteiger partial charge < -0.3 is 5.11 Å². The van der Waals surface area contributed by atoms with E-state index in [1.54, 1.807) is 11.8 Å². The summed E-state index contributed by atoms with van der Waals surface area (Å²) in [6, 6.07) is 0. The number of carboxylic acids is 1. The number of carbonyl (C=O) groups is 1. The maximum atomic E-state index is 10.7. The lowest BCUT2D eigenvalue weighted by molar-refractivity contribution is -0.137. The van der Waals surface area contributed by atoms with Crippen LogP contribution in [0, 0.1) is 5.92 Å². The molecule has 3 unspecified atom stereocenters. The number of rotatable bonds is 1. The minimum Gasteiger partial charge on any atom is -0.480 e. The predicted octanol–water partition coefficient (Wildman–Crippen LogP) is 1.52. The van der Waals surface area contributed by atoms with Crippen molar-refractivity contribution >= 4 is 17.7 Å². The van der Waals surface area contributed by atoms with Gasteiger partial charge in [-0.3, -0.25) is 4.79 Å². The van der Waals surface area contributed by atoms with E-state index in [4.69, 9.17) is 5.11 Å². The fraction of sp³-hybridized carbons (Fsp3) is 0.625. The van der Waals surface area contributed by atoms with Crippen molar-refractivity contribution in [2.45, 2.75) is 23.3 Å². The highest BCUT2D eigenvalue weighted by Crippen LogP contribution is 2.41. The molecule has 3 aliphatic rings. The summed E-state index contributed by atoms with van der Waals surface area (Å²) in [6.07, 6.45) is 6.45. The summed E-state index contributed by atoms with van der Waals surface area (Å²) in [5, 5.41) is 9.11. The molecule has 2 bridgehead atoms. The molecule has 2 heterocycles. The molecule has 2 nitrogen and oxygen atoms in total. The number of hydrogen-bond donors (Lipinski definition) is 1. The summed E-state index contributed by atoms with van der Waals surface area (Å²) in [6.45, 7) is 0. The van der Waals surface area contributed by atoms with Gasteiger partial charge in [0.05, 0.1) is 0 Å². The fourth-order valence-electron chi connectivity index (χ4n) is 1.71. The smallest absolute Gasteiger partial charge is 0.317 e. The molecule has 0 spiro atoms. The Hall–Kier alpha value is -0.440. The summed E-state index contributed by atoms with van der Waals surface area (Å²) >= 11 is 1.60. The summed E-state index contributed by atoms with van der Waals surface area (Å²) in [4.78, 5) is 10.7. The van der Waals surface area contributed by atoms with Gasteiger partial charge in [-0.05, 0) is 18.8 Å². The van der Waals surface area contributed by atoms with E-state index < -0.39 is 5.97 Å². The fourth-order valence-corrected chi connectivity index (χ4v) is 3.09. The molecule has 0 saturated carbocycles. The Morgan fingerprint density at radius 2 is 2.27 bits per heavy atom. The van der Waals surface area contributed by atoms with E-state index in [9.17, 15) is 4.79 Å². The van der Waals surface area contributed by atoms with Crippen molar-refractivity contribution in [2.24, 2.45) is 5.92 Å². The van der Waals surface area contributed by atoms with Crippen LogP contribution in [0.1, 0.15) is 12.8 Å². The zero-order valence-electron chi connectivity index (χ0n) is 6.06. The highest BCUT2D eigenvalue weighted by molar-refractivity contribution is 8.01. The van der Waals surface area contributed by atoms with Gasteiger partial charge in [-0.1, -0.05) is 12.2 Å². The molecule has 0 aromatic rings. The van der Waals surface area contributed by atoms with Crippen molar-refractivity contribution in [1.82, 2.24) is 0 Å². The van der Waals surface area contributed by atoms with Crippen LogP contribution in [-0.4, -0.2) is 21.6 Å². The Bertz CT molecular complexity index is 212. The van der Waals surface area contributed by atoms with Gasteiger partial charge >= 0.3 is 5.97 Å². The summed E-state index contributed by atoms with van der Waals surface area (Å²) < 4.78 is 0. The minimum atomic E-state index is -0.644. The normalized spacial score (nSPS) is 40.9. The van der Waals surface area contributed by atoms with Crippen LogP contribution >= 0.6 is 11.8 Å². The van der Waals surface area contributed by atoms with Crippen LogP contribution in [0.4, 0.5) is 0 Å². The van der Waals surface area contributed by atoms with E-state index in [1.165, 1.54) is 0 Å². The van der Waals surface area contributed by atoms with Crippen LogP contribution in [0.25, 0.3) is 0 Å². The number of thioether (sulfide) groups is 1. The van der Waals surface area contributed by atoms with Crippen molar-refractivity contribution in [3.8, 4) is 0 Å². The highest BCUT2D eigenvalue weighted by atomic mass is 32.2. The zero-order chi connectivity index (χ0) is 7.84. The lowest BCUT2D eigenvalue weighted by Gasteiger charge is -2.34. The number of fused-ring (bicyclic) bond motifs is 2. The average Bonchev–Trinajstić information content (AvgIpc) is 2.06. The van der Waals surface area contributed by atoms with Crippen LogP contribution in [0.15, 0.2) is 12.2 Å². The van der Waals surface area contributed by atoms with E-state index in [0.717, 1.165) is 12.8 Å². The minimum absolute atomic E-state index is 0.168. The lowest BCUT2D eigenvalue weighted by atomic mass is 9.91. The standard InChI is InChI=1S/C8H10O2S/c9-8(10)7-5-1-3-6(11-7)4-2-5/h1,3,5-7H,2,4H2,(H,9,10). The average molecular weight is 170 g/mol. The molecule has 0 aromatic carbocycles. The monoisotopic (exact) mass is 170 g/mol. The number of carboxylic acid groups (broad SMARTS) is 1. The number of allylic oxidation sites excluding steroid dienone is 1. The SMILES string of the molecule is O=C(O)C1SC2C=CC1CC2. The molecule has 1 aliphatic carbocycles. The zero-order valence-corrected chi connectivity index (χ0v) is 6.88. The quantitative estimate of drug-likeness (QED) is 0.606. The third-order valence-corrected chi connectivity index (χ3v) is 3.90. The molecule has 60 valence electrons. The molecule has 3 heteroatoms. The maximum Gasteiger partial charge on any atom is 0.317 e. The second kappa shape index (κ2) is 2.55. The number of aliphatic carboxylic acids is 1. The molecule has 11 heavy (non-hydrogen) atoms. The molecular weight excluding hydrogens is 160 g/mol.